The summed E-state index contributed by atoms with van der Waals surface area (Å²) in [5.41, 5.74) is 8.58. The SMILES string of the molecule is CC(C)C[C@H](NC(=O)OCc1ccccc1)C(=O)N[C@@H](Cc1ccc(C(N)=O)cc1)C(=O)N[C@H](CO)CCC(=O)NC(c1ccccc1)(c1ccccc1)c1ccccc1. The van der Waals surface area contributed by atoms with Gasteiger partial charge in [-0.05, 0) is 58.7 Å². The van der Waals surface area contributed by atoms with Gasteiger partial charge < -0.3 is 36.8 Å². The van der Waals surface area contributed by atoms with Gasteiger partial charge in [0, 0.05) is 18.4 Å². The van der Waals surface area contributed by atoms with E-state index >= 15 is 0 Å². The molecule has 12 nitrogen and oxygen atoms in total. The maximum absolute atomic E-state index is 14.1. The summed E-state index contributed by atoms with van der Waals surface area (Å²) in [5, 5.41) is 22.0. The zero-order valence-corrected chi connectivity index (χ0v) is 33.9. The zero-order valence-electron chi connectivity index (χ0n) is 33.9. The second-order valence-electron chi connectivity index (χ2n) is 15.0. The van der Waals surface area contributed by atoms with Gasteiger partial charge in [0.1, 0.15) is 24.2 Å². The highest BCUT2D eigenvalue weighted by Gasteiger charge is 2.38. The first-order valence-electron chi connectivity index (χ1n) is 20.0. The Bertz CT molecular complexity index is 2060. The Morgan fingerprint density at radius 3 is 1.62 bits per heavy atom. The Balaban J connectivity index is 1.32. The molecule has 5 aromatic carbocycles. The van der Waals surface area contributed by atoms with E-state index in [1.807, 2.05) is 135 Å². The number of nitrogens with one attached hydrogen (secondary N) is 4. The Hall–Kier alpha value is -6.79. The van der Waals surface area contributed by atoms with Gasteiger partial charge in [-0.2, -0.15) is 0 Å². The van der Waals surface area contributed by atoms with Crippen LogP contribution in [0.15, 0.2) is 146 Å². The monoisotopic (exact) mass is 811 g/mol. The fraction of sp³-hybridized carbons (Fsp3) is 0.271. The van der Waals surface area contributed by atoms with Crippen LogP contribution in [0.5, 0.6) is 0 Å². The summed E-state index contributed by atoms with van der Waals surface area (Å²) in [6.07, 6.45) is -0.538. The lowest BCUT2D eigenvalue weighted by Gasteiger charge is -2.37. The van der Waals surface area contributed by atoms with Crippen molar-refractivity contribution in [1.29, 1.82) is 0 Å². The van der Waals surface area contributed by atoms with E-state index in [-0.39, 0.29) is 49.7 Å². The van der Waals surface area contributed by atoms with Crippen molar-refractivity contribution in [2.75, 3.05) is 6.61 Å². The van der Waals surface area contributed by atoms with Crippen molar-refractivity contribution >= 4 is 29.7 Å². The normalized spacial score (nSPS) is 12.7. The summed E-state index contributed by atoms with van der Waals surface area (Å²) in [7, 11) is 0. The van der Waals surface area contributed by atoms with Crippen molar-refractivity contribution in [3.63, 3.8) is 0 Å². The van der Waals surface area contributed by atoms with Crippen LogP contribution < -0.4 is 27.0 Å². The average Bonchev–Trinajstić information content (AvgIpc) is 3.27. The van der Waals surface area contributed by atoms with Crippen LogP contribution >= 0.6 is 0 Å². The molecule has 60 heavy (non-hydrogen) atoms. The molecular weight excluding hydrogens is 759 g/mol. The molecule has 0 spiro atoms. The molecule has 3 atom stereocenters. The molecule has 0 bridgehead atoms. The molecule has 0 aliphatic carbocycles. The number of aliphatic hydroxyl groups is 1. The summed E-state index contributed by atoms with van der Waals surface area (Å²) in [6.45, 7) is 3.31. The Kier molecular flexibility index (Phi) is 16.1. The summed E-state index contributed by atoms with van der Waals surface area (Å²) in [6, 6.07) is 41.3. The first-order valence-corrected chi connectivity index (χ1v) is 20.0. The van der Waals surface area contributed by atoms with Gasteiger partial charge in [-0.3, -0.25) is 19.2 Å². The smallest absolute Gasteiger partial charge is 0.408 e. The van der Waals surface area contributed by atoms with E-state index in [1.54, 1.807) is 12.1 Å². The second kappa shape index (κ2) is 21.8. The third-order valence-corrected chi connectivity index (χ3v) is 10.1. The summed E-state index contributed by atoms with van der Waals surface area (Å²) in [5.74, 6) is -2.19. The quantitative estimate of drug-likeness (QED) is 0.0559. The number of carbonyl (C=O) groups is 5. The average molecular weight is 812 g/mol. The predicted molar refractivity (Wildman–Crippen MR) is 229 cm³/mol. The lowest BCUT2D eigenvalue weighted by Crippen LogP contribution is -2.56. The molecule has 0 aromatic heterocycles. The molecule has 0 unspecified atom stereocenters. The maximum atomic E-state index is 14.1. The van der Waals surface area contributed by atoms with E-state index in [2.05, 4.69) is 21.3 Å². The lowest BCUT2D eigenvalue weighted by atomic mass is 9.77. The fourth-order valence-corrected chi connectivity index (χ4v) is 7.00. The molecule has 5 amide bonds. The number of alkyl carbamates (subject to hydrolysis) is 1. The van der Waals surface area contributed by atoms with Crippen LogP contribution in [0.3, 0.4) is 0 Å². The molecular formula is C48H53N5O7. The second-order valence-corrected chi connectivity index (χ2v) is 15.0. The first kappa shape index (κ1) is 44.3. The van der Waals surface area contributed by atoms with Crippen LogP contribution in [0.1, 0.15) is 71.3 Å². The number of nitrogens with two attached hydrogens (primary N) is 1. The topological polar surface area (TPSA) is 189 Å². The molecule has 12 heteroatoms. The maximum Gasteiger partial charge on any atom is 0.408 e. The number of benzene rings is 5. The van der Waals surface area contributed by atoms with Gasteiger partial charge in [-0.1, -0.05) is 147 Å². The van der Waals surface area contributed by atoms with E-state index in [9.17, 15) is 29.1 Å². The van der Waals surface area contributed by atoms with E-state index in [0.29, 0.717) is 5.56 Å². The molecule has 5 aromatic rings. The molecule has 0 fully saturated rings. The number of aliphatic hydroxyl groups excluding tert-OH is 1. The molecule has 5 rings (SSSR count). The minimum atomic E-state index is -1.18. The number of ether oxygens (including phenoxy) is 1. The lowest BCUT2D eigenvalue weighted by molar-refractivity contribution is -0.130. The minimum absolute atomic E-state index is 0.00133. The van der Waals surface area contributed by atoms with Crippen molar-refractivity contribution < 1.29 is 33.8 Å². The predicted octanol–water partition coefficient (Wildman–Crippen LogP) is 5.52. The number of hydrogen-bond acceptors (Lipinski definition) is 7. The van der Waals surface area contributed by atoms with Crippen LogP contribution in [0.2, 0.25) is 0 Å². The van der Waals surface area contributed by atoms with E-state index in [0.717, 1.165) is 22.3 Å². The third kappa shape index (κ3) is 12.4. The number of amides is 5. The number of carbonyl (C=O) groups excluding carboxylic acids is 5. The van der Waals surface area contributed by atoms with Crippen molar-refractivity contribution in [1.82, 2.24) is 21.3 Å². The van der Waals surface area contributed by atoms with Crippen LogP contribution in [0.25, 0.3) is 0 Å². The Labute approximate surface area is 350 Å². The number of rotatable bonds is 20. The van der Waals surface area contributed by atoms with Crippen molar-refractivity contribution in [3.8, 4) is 0 Å². The molecule has 0 aliphatic heterocycles. The van der Waals surface area contributed by atoms with Gasteiger partial charge in [-0.15, -0.1) is 0 Å². The van der Waals surface area contributed by atoms with Gasteiger partial charge in [0.05, 0.1) is 12.6 Å². The molecule has 0 saturated heterocycles. The molecule has 0 aliphatic rings. The zero-order chi connectivity index (χ0) is 42.9. The van der Waals surface area contributed by atoms with Gasteiger partial charge in [0.15, 0.2) is 0 Å². The highest BCUT2D eigenvalue weighted by molar-refractivity contribution is 5.93. The molecule has 0 heterocycles. The fourth-order valence-electron chi connectivity index (χ4n) is 7.00. The molecule has 312 valence electrons. The van der Waals surface area contributed by atoms with Crippen LogP contribution in [-0.2, 0) is 37.7 Å². The summed E-state index contributed by atoms with van der Waals surface area (Å²) < 4.78 is 5.38. The van der Waals surface area contributed by atoms with Gasteiger partial charge >= 0.3 is 6.09 Å². The van der Waals surface area contributed by atoms with Gasteiger partial charge in [0.25, 0.3) is 0 Å². The van der Waals surface area contributed by atoms with Crippen LogP contribution in [-0.4, -0.2) is 59.6 Å². The van der Waals surface area contributed by atoms with Crippen molar-refractivity contribution in [2.45, 2.75) is 69.8 Å². The Morgan fingerprint density at radius 2 is 1.13 bits per heavy atom. The van der Waals surface area contributed by atoms with E-state index in [4.69, 9.17) is 10.5 Å². The largest absolute Gasteiger partial charge is 0.445 e. The third-order valence-electron chi connectivity index (χ3n) is 10.1. The molecule has 7 N–H and O–H groups in total. The minimum Gasteiger partial charge on any atom is -0.445 e. The van der Waals surface area contributed by atoms with Crippen LogP contribution in [0, 0.1) is 5.92 Å². The number of primary amides is 1. The van der Waals surface area contributed by atoms with Gasteiger partial charge in [-0.25, -0.2) is 4.79 Å². The van der Waals surface area contributed by atoms with Crippen molar-refractivity contribution in [2.24, 2.45) is 11.7 Å². The summed E-state index contributed by atoms with van der Waals surface area (Å²) >= 11 is 0. The summed E-state index contributed by atoms with van der Waals surface area (Å²) in [4.78, 5) is 66.5. The molecule has 0 radical (unpaired) electrons. The first-order chi connectivity index (χ1) is 29.0. The van der Waals surface area contributed by atoms with Crippen molar-refractivity contribution in [3.05, 3.63) is 179 Å². The standard InChI is InChI=1S/C48H53N5O7/c1-33(2)29-41(52-47(59)60-32-35-15-7-3-8-16-35)46(58)51-42(30-34-23-25-36(26-24-34)44(49)56)45(57)50-40(31-54)27-28-43(55)53-48(37-17-9-4-10-18-37,38-19-11-5-12-20-38)39-21-13-6-14-22-39/h3-26,33,40-42,54H,27-32H2,1-2H3,(H2,49,56)(H,50,57)(H,51,58)(H,52,59)(H,53,55)/t40-,41-,42-/m0/s1. The van der Waals surface area contributed by atoms with E-state index in [1.165, 1.54) is 12.1 Å². The molecule has 0 saturated carbocycles. The highest BCUT2D eigenvalue weighted by atomic mass is 16.5. The Morgan fingerprint density at radius 1 is 0.633 bits per heavy atom. The number of hydrogen-bond donors (Lipinski definition) is 6. The van der Waals surface area contributed by atoms with Gasteiger partial charge in [0.2, 0.25) is 23.6 Å². The van der Waals surface area contributed by atoms with Crippen LogP contribution in [0.4, 0.5) is 4.79 Å². The highest BCUT2D eigenvalue weighted by Crippen LogP contribution is 2.37. The van der Waals surface area contributed by atoms with E-state index < -0.39 is 54.1 Å².